The van der Waals surface area contributed by atoms with Crippen molar-refractivity contribution in [1.82, 2.24) is 4.90 Å². The highest BCUT2D eigenvalue weighted by molar-refractivity contribution is 5.82. The first-order chi connectivity index (χ1) is 22.6. The molecule has 0 spiro atoms. The molecule has 0 aliphatic rings. The molecule has 0 unspecified atom stereocenters. The molecule has 0 saturated heterocycles. The number of rotatable bonds is 34. The molecule has 0 aliphatic heterocycles. The van der Waals surface area contributed by atoms with Crippen molar-refractivity contribution in [1.29, 1.82) is 0 Å². The zero-order valence-corrected chi connectivity index (χ0v) is 31.2. The smallest absolute Gasteiger partial charge is 0.330 e. The summed E-state index contributed by atoms with van der Waals surface area (Å²) >= 11 is 0. The molecule has 0 aromatic rings. The first kappa shape index (κ1) is 44.1. The van der Waals surface area contributed by atoms with Crippen LogP contribution in [0.15, 0.2) is 60.8 Å². The number of hydrogen-bond acceptors (Lipinski definition) is 3. The first-order valence-corrected chi connectivity index (χ1v) is 19.7. The quantitative estimate of drug-likeness (QED) is 0.0304. The van der Waals surface area contributed by atoms with Crippen LogP contribution >= 0.6 is 0 Å². The van der Waals surface area contributed by atoms with E-state index in [9.17, 15) is 4.79 Å². The van der Waals surface area contributed by atoms with Gasteiger partial charge in [-0.15, -0.1) is 0 Å². The number of likely N-dealkylation sites (N-methyl/N-ethyl adjacent to an activating group) is 1. The van der Waals surface area contributed by atoms with Crippen LogP contribution in [0.2, 0.25) is 0 Å². The largest absolute Gasteiger partial charge is 0.459 e. The summed E-state index contributed by atoms with van der Waals surface area (Å²) in [7, 11) is 4.02. The summed E-state index contributed by atoms with van der Waals surface area (Å²) in [6.45, 7) is 5.28. The van der Waals surface area contributed by atoms with E-state index in [2.05, 4.69) is 67.4 Å². The minimum Gasteiger partial charge on any atom is -0.459 e. The van der Waals surface area contributed by atoms with Crippen LogP contribution in [0.25, 0.3) is 0 Å². The van der Waals surface area contributed by atoms with Crippen molar-refractivity contribution in [2.45, 2.75) is 187 Å². The maximum atomic E-state index is 12.4. The number of carbonyl (C=O) groups excluding carboxylic acids is 1. The molecule has 0 rings (SSSR count). The maximum Gasteiger partial charge on any atom is 0.330 e. The van der Waals surface area contributed by atoms with E-state index in [1.54, 1.807) is 6.08 Å². The third-order valence-electron chi connectivity index (χ3n) is 8.46. The Morgan fingerprint density at radius 3 is 1.26 bits per heavy atom. The number of allylic oxidation sites excluding steroid dienone is 8. The van der Waals surface area contributed by atoms with Crippen LogP contribution in [-0.4, -0.2) is 37.6 Å². The molecule has 0 amide bonds. The maximum absolute atomic E-state index is 12.4. The molecular weight excluding hydrogens is 562 g/mol. The zero-order chi connectivity index (χ0) is 33.6. The fourth-order valence-corrected chi connectivity index (χ4v) is 5.55. The molecule has 0 N–H and O–H groups in total. The van der Waals surface area contributed by atoms with E-state index in [1.165, 1.54) is 128 Å². The molecule has 0 atom stereocenters. The summed E-state index contributed by atoms with van der Waals surface area (Å²) in [5.41, 5.74) is 0. The van der Waals surface area contributed by atoms with Gasteiger partial charge in [-0.3, -0.25) is 0 Å². The Balaban J connectivity index is 4.05. The average Bonchev–Trinajstić information content (AvgIpc) is 3.04. The van der Waals surface area contributed by atoms with Gasteiger partial charge in [-0.2, -0.15) is 0 Å². The summed E-state index contributed by atoms with van der Waals surface area (Å²) in [4.78, 5) is 14.5. The summed E-state index contributed by atoms with van der Waals surface area (Å²) in [6, 6.07) is 0. The Labute approximate surface area is 288 Å². The fourth-order valence-electron chi connectivity index (χ4n) is 5.55. The van der Waals surface area contributed by atoms with Gasteiger partial charge in [-0.25, -0.2) is 4.79 Å². The normalized spacial score (nSPS) is 12.6. The van der Waals surface area contributed by atoms with Crippen LogP contribution in [0.3, 0.4) is 0 Å². The van der Waals surface area contributed by atoms with Gasteiger partial charge in [0.2, 0.25) is 0 Å². The van der Waals surface area contributed by atoms with Gasteiger partial charge in [-0.05, 0) is 104 Å². The first-order valence-electron chi connectivity index (χ1n) is 19.7. The van der Waals surface area contributed by atoms with E-state index >= 15 is 0 Å². The van der Waals surface area contributed by atoms with E-state index < -0.39 is 0 Å². The fraction of sp³-hybridized carbons (Fsp3) is 0.744. The molecule has 3 heteroatoms. The van der Waals surface area contributed by atoms with Gasteiger partial charge in [0.05, 0.1) is 0 Å². The van der Waals surface area contributed by atoms with E-state index in [0.29, 0.717) is 0 Å². The third kappa shape index (κ3) is 36.6. The number of unbranched alkanes of at least 4 members (excludes halogenated alkanes) is 18. The predicted octanol–water partition coefficient (Wildman–Crippen LogP) is 13.4. The monoisotopic (exact) mass is 640 g/mol. The van der Waals surface area contributed by atoms with Gasteiger partial charge in [0.15, 0.2) is 0 Å². The second-order valence-corrected chi connectivity index (χ2v) is 13.5. The Hall–Kier alpha value is -1.87. The van der Waals surface area contributed by atoms with Crippen molar-refractivity contribution in [2.24, 2.45) is 0 Å². The van der Waals surface area contributed by atoms with E-state index in [1.807, 2.05) is 20.2 Å². The van der Waals surface area contributed by atoms with Crippen molar-refractivity contribution in [3.63, 3.8) is 0 Å². The van der Waals surface area contributed by atoms with Gasteiger partial charge in [-0.1, -0.05) is 146 Å². The Morgan fingerprint density at radius 2 is 0.870 bits per heavy atom. The van der Waals surface area contributed by atoms with Crippen LogP contribution in [0.5, 0.6) is 0 Å². The SMILES string of the molecule is CCCCC/C=C\C/C=C\CCCCCCCCC(CCCCCCCC/C=C\C/C=C\CCCCC)OC(=O)/C=C/CN(C)C. The zero-order valence-electron chi connectivity index (χ0n) is 31.2. The van der Waals surface area contributed by atoms with Crippen LogP contribution < -0.4 is 0 Å². The molecule has 46 heavy (non-hydrogen) atoms. The molecule has 0 aromatic carbocycles. The standard InChI is InChI=1S/C43H77NO2/c1-5-7-9-11-13-15-17-19-21-23-25-27-29-31-33-35-38-42(46-43(45)40-37-41-44(3)4)39-36-34-32-30-28-26-24-22-20-18-16-14-12-10-8-6-2/h13-16,19-22,37,40,42H,5-12,17-18,23-36,38-39,41H2,1-4H3/b15-13-,16-14-,21-19-,22-20-,40-37+. The van der Waals surface area contributed by atoms with Crippen LogP contribution in [-0.2, 0) is 9.53 Å². The van der Waals surface area contributed by atoms with Crippen LogP contribution in [0.4, 0.5) is 0 Å². The van der Waals surface area contributed by atoms with Gasteiger partial charge in [0, 0.05) is 12.6 Å². The summed E-state index contributed by atoms with van der Waals surface area (Å²) < 4.78 is 5.91. The lowest BCUT2D eigenvalue weighted by Gasteiger charge is -2.17. The van der Waals surface area contributed by atoms with Crippen molar-refractivity contribution in [3.05, 3.63) is 60.8 Å². The molecule has 3 nitrogen and oxygen atoms in total. The number of ether oxygens (including phenoxy) is 1. The summed E-state index contributed by atoms with van der Waals surface area (Å²) in [6.07, 6.45) is 54.5. The summed E-state index contributed by atoms with van der Waals surface area (Å²) in [5, 5.41) is 0. The Bertz CT molecular complexity index is 728. The van der Waals surface area contributed by atoms with E-state index in [0.717, 1.165) is 45.1 Å². The second-order valence-electron chi connectivity index (χ2n) is 13.5. The Kier molecular flexibility index (Phi) is 36.1. The average molecular weight is 640 g/mol. The number of nitrogens with zero attached hydrogens (tertiary/aromatic N) is 1. The second kappa shape index (κ2) is 37.6. The molecule has 0 aliphatic carbocycles. The molecule has 0 aromatic heterocycles. The van der Waals surface area contributed by atoms with Crippen molar-refractivity contribution in [3.8, 4) is 0 Å². The highest BCUT2D eigenvalue weighted by atomic mass is 16.5. The molecular formula is C43H77NO2. The van der Waals surface area contributed by atoms with Gasteiger partial charge in [0.25, 0.3) is 0 Å². The van der Waals surface area contributed by atoms with Gasteiger partial charge in [0.1, 0.15) is 6.10 Å². The van der Waals surface area contributed by atoms with Gasteiger partial charge >= 0.3 is 5.97 Å². The van der Waals surface area contributed by atoms with Crippen molar-refractivity contribution in [2.75, 3.05) is 20.6 Å². The lowest BCUT2D eigenvalue weighted by atomic mass is 10.0. The molecule has 0 fully saturated rings. The van der Waals surface area contributed by atoms with E-state index in [4.69, 9.17) is 4.74 Å². The Morgan fingerprint density at radius 1 is 0.500 bits per heavy atom. The minimum atomic E-state index is -0.174. The molecule has 0 bridgehead atoms. The highest BCUT2D eigenvalue weighted by Crippen LogP contribution is 2.18. The molecule has 0 heterocycles. The molecule has 0 saturated carbocycles. The van der Waals surface area contributed by atoms with Gasteiger partial charge < -0.3 is 9.64 Å². The number of hydrogen-bond donors (Lipinski definition) is 0. The third-order valence-corrected chi connectivity index (χ3v) is 8.46. The van der Waals surface area contributed by atoms with E-state index in [-0.39, 0.29) is 12.1 Å². The van der Waals surface area contributed by atoms with Crippen molar-refractivity contribution < 1.29 is 9.53 Å². The topological polar surface area (TPSA) is 29.5 Å². The minimum absolute atomic E-state index is 0.0631. The number of carbonyl (C=O) groups is 1. The lowest BCUT2D eigenvalue weighted by Crippen LogP contribution is -2.17. The number of esters is 1. The highest BCUT2D eigenvalue weighted by Gasteiger charge is 2.12. The molecule has 0 radical (unpaired) electrons. The summed E-state index contributed by atoms with van der Waals surface area (Å²) in [5.74, 6) is -0.174. The van der Waals surface area contributed by atoms with Crippen molar-refractivity contribution >= 4 is 5.97 Å². The van der Waals surface area contributed by atoms with Crippen LogP contribution in [0.1, 0.15) is 181 Å². The molecule has 266 valence electrons. The van der Waals surface area contributed by atoms with Crippen LogP contribution in [0, 0.1) is 0 Å². The lowest BCUT2D eigenvalue weighted by molar-refractivity contribution is -0.143. The predicted molar refractivity (Wildman–Crippen MR) is 206 cm³/mol.